The first kappa shape index (κ1) is 18.0. The van der Waals surface area contributed by atoms with E-state index in [1.807, 2.05) is 37.3 Å². The molecular weight excluding hydrogens is 380 g/mol. The van der Waals surface area contributed by atoms with Gasteiger partial charge in [-0.1, -0.05) is 30.3 Å². The quantitative estimate of drug-likeness (QED) is 0.663. The van der Waals surface area contributed by atoms with Crippen LogP contribution in [0.5, 0.6) is 11.5 Å². The summed E-state index contributed by atoms with van der Waals surface area (Å²) in [6.07, 6.45) is 0. The van der Waals surface area contributed by atoms with Gasteiger partial charge in [-0.2, -0.15) is 0 Å². The largest absolute Gasteiger partial charge is 0.454 e. The van der Waals surface area contributed by atoms with Gasteiger partial charge in [0.25, 0.3) is 5.91 Å². The number of aryl methyl sites for hydroxylation is 1. The van der Waals surface area contributed by atoms with Gasteiger partial charge < -0.3 is 14.2 Å². The molecule has 0 atom stereocenters. The van der Waals surface area contributed by atoms with E-state index >= 15 is 0 Å². The molecule has 8 heteroatoms. The van der Waals surface area contributed by atoms with Crippen molar-refractivity contribution in [3.8, 4) is 22.8 Å². The van der Waals surface area contributed by atoms with E-state index in [-0.39, 0.29) is 12.4 Å². The Kier molecular flexibility index (Phi) is 4.94. The minimum Gasteiger partial charge on any atom is -0.454 e. The van der Waals surface area contributed by atoms with Crippen molar-refractivity contribution < 1.29 is 23.8 Å². The zero-order valence-electron chi connectivity index (χ0n) is 14.9. The maximum absolute atomic E-state index is 12.1. The third kappa shape index (κ3) is 3.81. The van der Waals surface area contributed by atoms with Crippen molar-refractivity contribution in [1.29, 1.82) is 0 Å². The van der Waals surface area contributed by atoms with E-state index in [9.17, 15) is 9.59 Å². The summed E-state index contributed by atoms with van der Waals surface area (Å²) in [7, 11) is 0. The lowest BCUT2D eigenvalue weighted by Gasteiger charge is -2.05. The zero-order chi connectivity index (χ0) is 19.5. The molecule has 0 spiro atoms. The van der Waals surface area contributed by atoms with Crippen LogP contribution in [0.1, 0.15) is 15.2 Å². The van der Waals surface area contributed by atoms with Gasteiger partial charge in [0.15, 0.2) is 23.2 Å². The molecule has 0 saturated heterocycles. The molecule has 1 aromatic heterocycles. The molecule has 7 nitrogen and oxygen atoms in total. The molecule has 1 aliphatic heterocycles. The third-order valence-corrected chi connectivity index (χ3v) is 4.92. The highest BCUT2D eigenvalue weighted by Crippen LogP contribution is 2.33. The molecule has 142 valence electrons. The van der Waals surface area contributed by atoms with E-state index < -0.39 is 18.5 Å². The van der Waals surface area contributed by atoms with Crippen molar-refractivity contribution in [3.05, 3.63) is 59.0 Å². The number of amides is 1. The van der Waals surface area contributed by atoms with Crippen LogP contribution in [0.4, 0.5) is 5.13 Å². The predicted octanol–water partition coefficient (Wildman–Crippen LogP) is 3.64. The summed E-state index contributed by atoms with van der Waals surface area (Å²) in [5.74, 6) is -0.0237. The number of carbonyl (C=O) groups excluding carboxylic acids is 2. The smallest absolute Gasteiger partial charge is 0.338 e. The lowest BCUT2D eigenvalue weighted by molar-refractivity contribution is -0.119. The summed E-state index contributed by atoms with van der Waals surface area (Å²) >= 11 is 1.37. The Labute approximate surface area is 164 Å². The topological polar surface area (TPSA) is 86.8 Å². The van der Waals surface area contributed by atoms with Gasteiger partial charge >= 0.3 is 5.97 Å². The minimum absolute atomic E-state index is 0.119. The van der Waals surface area contributed by atoms with Crippen LogP contribution in [0.2, 0.25) is 0 Å². The first-order valence-electron chi connectivity index (χ1n) is 8.49. The van der Waals surface area contributed by atoms with Gasteiger partial charge in [-0.3, -0.25) is 10.1 Å². The summed E-state index contributed by atoms with van der Waals surface area (Å²) in [5.41, 5.74) is 2.08. The molecule has 1 aliphatic rings. The normalized spacial score (nSPS) is 11.9. The van der Waals surface area contributed by atoms with Gasteiger partial charge in [-0.15, -0.1) is 11.3 Å². The van der Waals surface area contributed by atoms with E-state index in [1.165, 1.54) is 17.4 Å². The monoisotopic (exact) mass is 396 g/mol. The molecule has 4 rings (SSSR count). The molecule has 0 saturated carbocycles. The highest BCUT2D eigenvalue weighted by Gasteiger charge is 2.18. The Bertz CT molecular complexity index is 1030. The number of thiazole rings is 1. The first-order valence-corrected chi connectivity index (χ1v) is 9.31. The van der Waals surface area contributed by atoms with Crippen LogP contribution in [-0.4, -0.2) is 30.3 Å². The number of ether oxygens (including phenoxy) is 3. The van der Waals surface area contributed by atoms with Crippen LogP contribution in [-0.2, 0) is 9.53 Å². The molecule has 0 unspecified atom stereocenters. The second kappa shape index (κ2) is 7.69. The van der Waals surface area contributed by atoms with Crippen LogP contribution in [0.25, 0.3) is 11.3 Å². The summed E-state index contributed by atoms with van der Waals surface area (Å²) in [6, 6.07) is 14.4. The minimum atomic E-state index is -0.617. The predicted molar refractivity (Wildman–Crippen MR) is 104 cm³/mol. The van der Waals surface area contributed by atoms with Crippen molar-refractivity contribution in [2.45, 2.75) is 6.92 Å². The van der Waals surface area contributed by atoms with E-state index in [1.54, 1.807) is 12.1 Å². The Morgan fingerprint density at radius 1 is 1.14 bits per heavy atom. The molecule has 2 heterocycles. The zero-order valence-corrected chi connectivity index (χ0v) is 15.7. The number of hydrogen-bond donors (Lipinski definition) is 1. The summed E-state index contributed by atoms with van der Waals surface area (Å²) in [5, 5.41) is 3.13. The van der Waals surface area contributed by atoms with Crippen LogP contribution < -0.4 is 14.8 Å². The molecule has 0 radical (unpaired) electrons. The van der Waals surface area contributed by atoms with Crippen molar-refractivity contribution in [2.24, 2.45) is 0 Å². The van der Waals surface area contributed by atoms with Crippen molar-refractivity contribution >= 4 is 28.3 Å². The second-order valence-electron chi connectivity index (χ2n) is 5.98. The molecule has 1 amide bonds. The molecular formula is C20H16N2O5S. The molecule has 0 aliphatic carbocycles. The average Bonchev–Trinajstić information content (AvgIpc) is 3.32. The number of carbonyl (C=O) groups is 2. The lowest BCUT2D eigenvalue weighted by atomic mass is 10.1. The number of rotatable bonds is 5. The third-order valence-electron chi connectivity index (χ3n) is 4.03. The summed E-state index contributed by atoms with van der Waals surface area (Å²) in [6.45, 7) is 1.65. The Morgan fingerprint density at radius 3 is 2.75 bits per heavy atom. The Hall–Kier alpha value is -3.39. The van der Waals surface area contributed by atoms with E-state index in [4.69, 9.17) is 14.2 Å². The van der Waals surface area contributed by atoms with Gasteiger partial charge in [0, 0.05) is 10.4 Å². The van der Waals surface area contributed by atoms with Gasteiger partial charge in [-0.05, 0) is 25.1 Å². The molecule has 3 aromatic rings. The number of nitrogens with one attached hydrogen (secondary N) is 1. The van der Waals surface area contributed by atoms with E-state index in [0.717, 1.165) is 16.1 Å². The van der Waals surface area contributed by atoms with Crippen LogP contribution >= 0.6 is 11.3 Å². The fraction of sp³-hybridized carbons (Fsp3) is 0.150. The van der Waals surface area contributed by atoms with Crippen LogP contribution in [0.15, 0.2) is 48.5 Å². The number of anilines is 1. The van der Waals surface area contributed by atoms with E-state index in [2.05, 4.69) is 10.3 Å². The molecule has 28 heavy (non-hydrogen) atoms. The maximum Gasteiger partial charge on any atom is 0.338 e. The maximum atomic E-state index is 12.1. The number of nitrogens with zero attached hydrogens (tertiary/aromatic N) is 1. The second-order valence-corrected chi connectivity index (χ2v) is 7.19. The van der Waals surface area contributed by atoms with Gasteiger partial charge in [0.05, 0.1) is 11.3 Å². The highest BCUT2D eigenvalue weighted by atomic mass is 32.1. The van der Waals surface area contributed by atoms with Gasteiger partial charge in [0.1, 0.15) is 0 Å². The standard InChI is InChI=1S/C20H16N2O5S/c1-12-18(13-5-3-2-4-6-13)22-20(28-12)21-17(23)10-25-19(24)14-7-8-15-16(9-14)27-11-26-15/h2-9H,10-11H2,1H3,(H,21,22,23). The number of fused-ring (bicyclic) bond motifs is 1. The highest BCUT2D eigenvalue weighted by molar-refractivity contribution is 7.16. The molecule has 0 bridgehead atoms. The Balaban J connectivity index is 1.35. The number of hydrogen-bond acceptors (Lipinski definition) is 7. The number of benzene rings is 2. The van der Waals surface area contributed by atoms with Crippen LogP contribution in [0.3, 0.4) is 0 Å². The lowest BCUT2D eigenvalue weighted by Crippen LogP contribution is -2.20. The fourth-order valence-corrected chi connectivity index (χ4v) is 3.56. The SMILES string of the molecule is Cc1sc(NC(=O)COC(=O)c2ccc3c(c2)OCO3)nc1-c1ccccc1. The molecule has 1 N–H and O–H groups in total. The summed E-state index contributed by atoms with van der Waals surface area (Å²) < 4.78 is 15.5. The first-order chi connectivity index (χ1) is 13.6. The molecule has 2 aromatic carbocycles. The van der Waals surface area contributed by atoms with Crippen molar-refractivity contribution in [2.75, 3.05) is 18.7 Å². The van der Waals surface area contributed by atoms with Gasteiger partial charge in [0.2, 0.25) is 6.79 Å². The Morgan fingerprint density at radius 2 is 1.93 bits per heavy atom. The van der Waals surface area contributed by atoms with Gasteiger partial charge in [-0.25, -0.2) is 9.78 Å². The molecule has 0 fully saturated rings. The summed E-state index contributed by atoms with van der Waals surface area (Å²) in [4.78, 5) is 29.7. The van der Waals surface area contributed by atoms with E-state index in [0.29, 0.717) is 16.6 Å². The average molecular weight is 396 g/mol. The van der Waals surface area contributed by atoms with Crippen LogP contribution in [0, 0.1) is 6.92 Å². The van der Waals surface area contributed by atoms with Crippen molar-refractivity contribution in [1.82, 2.24) is 4.98 Å². The fourth-order valence-electron chi connectivity index (χ4n) is 2.71. The van der Waals surface area contributed by atoms with Crippen molar-refractivity contribution in [3.63, 3.8) is 0 Å². The number of esters is 1. The number of aromatic nitrogens is 1.